The van der Waals surface area contributed by atoms with E-state index in [4.69, 9.17) is 19.7 Å². The Hall–Kier alpha value is -0.650. The van der Waals surface area contributed by atoms with Crippen molar-refractivity contribution in [1.29, 1.82) is 0 Å². The maximum Gasteiger partial charge on any atom is 0.332 e. The van der Waals surface area contributed by atoms with Gasteiger partial charge < -0.3 is 19.7 Å². The van der Waals surface area contributed by atoms with Gasteiger partial charge in [0.25, 0.3) is 0 Å². The van der Waals surface area contributed by atoms with Crippen LogP contribution in [0, 0.1) is 0 Å². The Bertz CT molecular complexity index is 182. The fourth-order valence-corrected chi connectivity index (χ4v) is 1.56. The van der Waals surface area contributed by atoms with Gasteiger partial charge in [-0.3, -0.25) is 0 Å². The van der Waals surface area contributed by atoms with E-state index in [0.717, 1.165) is 25.9 Å². The van der Waals surface area contributed by atoms with Crippen LogP contribution in [0.15, 0.2) is 0 Å². The number of carboxylic acids is 1. The lowest BCUT2D eigenvalue weighted by molar-refractivity contribution is -0.147. The van der Waals surface area contributed by atoms with Crippen LogP contribution in [-0.4, -0.2) is 48.2 Å². The summed E-state index contributed by atoms with van der Waals surface area (Å²) < 4.78 is 9.87. The molecule has 2 atom stereocenters. The van der Waals surface area contributed by atoms with Crippen LogP contribution in [0.5, 0.6) is 0 Å². The second-order valence-corrected chi connectivity index (χ2v) is 3.66. The fraction of sp³-hybridized carbons (Fsp3) is 0.900. The third kappa shape index (κ3) is 4.59. The van der Waals surface area contributed by atoms with Crippen molar-refractivity contribution in [3.05, 3.63) is 0 Å². The van der Waals surface area contributed by atoms with Crippen molar-refractivity contribution >= 4 is 5.97 Å². The Kier molecular flexibility index (Phi) is 5.60. The van der Waals surface area contributed by atoms with E-state index in [0.29, 0.717) is 13.0 Å². The lowest BCUT2D eigenvalue weighted by Gasteiger charge is -2.00. The SMILES string of the molecule is O=C(O)[C@H]1CCCO1.OC[C@H]1CCCO1. The van der Waals surface area contributed by atoms with Crippen LogP contribution in [-0.2, 0) is 14.3 Å². The van der Waals surface area contributed by atoms with E-state index in [9.17, 15) is 4.79 Å². The second kappa shape index (κ2) is 6.76. The molecule has 0 unspecified atom stereocenters. The summed E-state index contributed by atoms with van der Waals surface area (Å²) in [5.74, 6) is -0.831. The molecule has 2 N–H and O–H groups in total. The summed E-state index contributed by atoms with van der Waals surface area (Å²) in [7, 11) is 0. The maximum atomic E-state index is 10.1. The highest BCUT2D eigenvalue weighted by molar-refractivity contribution is 5.72. The molecule has 0 bridgehead atoms. The highest BCUT2D eigenvalue weighted by Gasteiger charge is 2.21. The van der Waals surface area contributed by atoms with Gasteiger partial charge in [-0.25, -0.2) is 4.79 Å². The highest BCUT2D eigenvalue weighted by Crippen LogP contribution is 2.11. The average Bonchev–Trinajstić information content (AvgIpc) is 2.92. The van der Waals surface area contributed by atoms with Crippen LogP contribution < -0.4 is 0 Å². The third-order valence-corrected chi connectivity index (χ3v) is 2.43. The molecule has 88 valence electrons. The molecule has 0 spiro atoms. The van der Waals surface area contributed by atoms with E-state index in [1.807, 2.05) is 0 Å². The Morgan fingerprint density at radius 2 is 1.87 bits per heavy atom. The number of carboxylic acid groups (broad SMARTS) is 1. The van der Waals surface area contributed by atoms with Crippen molar-refractivity contribution in [2.24, 2.45) is 0 Å². The van der Waals surface area contributed by atoms with E-state index in [2.05, 4.69) is 0 Å². The third-order valence-electron chi connectivity index (χ3n) is 2.43. The monoisotopic (exact) mass is 218 g/mol. The molecule has 0 saturated carbocycles. The lowest BCUT2D eigenvalue weighted by atomic mass is 10.2. The minimum absolute atomic E-state index is 0.153. The number of aliphatic hydroxyl groups excluding tert-OH is 1. The minimum Gasteiger partial charge on any atom is -0.479 e. The topological polar surface area (TPSA) is 76.0 Å². The zero-order valence-corrected chi connectivity index (χ0v) is 8.72. The molecule has 0 aromatic heterocycles. The summed E-state index contributed by atoms with van der Waals surface area (Å²) in [5.41, 5.74) is 0. The summed E-state index contributed by atoms with van der Waals surface area (Å²) in [6.45, 7) is 1.64. The Morgan fingerprint density at radius 1 is 1.20 bits per heavy atom. The lowest BCUT2D eigenvalue weighted by Crippen LogP contribution is -2.17. The van der Waals surface area contributed by atoms with Gasteiger partial charge in [0.15, 0.2) is 6.10 Å². The number of ether oxygens (including phenoxy) is 2. The van der Waals surface area contributed by atoms with Gasteiger partial charge in [-0.2, -0.15) is 0 Å². The van der Waals surface area contributed by atoms with Gasteiger partial charge in [0, 0.05) is 13.2 Å². The molecule has 0 amide bonds. The molecule has 2 aliphatic heterocycles. The molecule has 2 heterocycles. The summed E-state index contributed by atoms with van der Waals surface area (Å²) in [4.78, 5) is 10.1. The second-order valence-electron chi connectivity index (χ2n) is 3.66. The van der Waals surface area contributed by atoms with E-state index < -0.39 is 12.1 Å². The first-order valence-corrected chi connectivity index (χ1v) is 5.31. The maximum absolute atomic E-state index is 10.1. The molecule has 5 nitrogen and oxygen atoms in total. The predicted octanol–water partition coefficient (Wildman–Crippen LogP) is 0.408. The number of rotatable bonds is 2. The zero-order valence-electron chi connectivity index (χ0n) is 8.72. The number of hydrogen-bond acceptors (Lipinski definition) is 4. The first kappa shape index (κ1) is 12.4. The van der Waals surface area contributed by atoms with E-state index in [1.165, 1.54) is 0 Å². The Balaban J connectivity index is 0.000000151. The number of hydrogen-bond donors (Lipinski definition) is 2. The van der Waals surface area contributed by atoms with Crippen LogP contribution in [0.25, 0.3) is 0 Å². The van der Waals surface area contributed by atoms with Gasteiger partial charge in [0.1, 0.15) is 0 Å². The summed E-state index contributed by atoms with van der Waals surface area (Å²) in [6, 6.07) is 0. The highest BCUT2D eigenvalue weighted by atomic mass is 16.5. The quantitative estimate of drug-likeness (QED) is 0.702. The van der Waals surface area contributed by atoms with E-state index >= 15 is 0 Å². The molecule has 5 heteroatoms. The van der Waals surface area contributed by atoms with Crippen LogP contribution >= 0.6 is 0 Å². The predicted molar refractivity (Wildman–Crippen MR) is 52.7 cm³/mol. The largest absolute Gasteiger partial charge is 0.479 e. The molecule has 2 saturated heterocycles. The first-order chi connectivity index (χ1) is 7.24. The average molecular weight is 218 g/mol. The molecule has 2 rings (SSSR count). The van der Waals surface area contributed by atoms with Crippen LogP contribution in [0.4, 0.5) is 0 Å². The molecule has 0 aromatic carbocycles. The number of aliphatic carboxylic acids is 1. The van der Waals surface area contributed by atoms with Crippen LogP contribution in [0.2, 0.25) is 0 Å². The van der Waals surface area contributed by atoms with Gasteiger partial charge >= 0.3 is 5.97 Å². The first-order valence-electron chi connectivity index (χ1n) is 5.31. The number of aliphatic hydroxyl groups is 1. The minimum atomic E-state index is -0.831. The Labute approximate surface area is 89.0 Å². The van der Waals surface area contributed by atoms with Gasteiger partial charge in [-0.1, -0.05) is 0 Å². The van der Waals surface area contributed by atoms with Crippen molar-refractivity contribution in [2.75, 3.05) is 19.8 Å². The van der Waals surface area contributed by atoms with Crippen molar-refractivity contribution in [3.63, 3.8) is 0 Å². The molecular formula is C10H18O5. The fourth-order valence-electron chi connectivity index (χ4n) is 1.56. The smallest absolute Gasteiger partial charge is 0.332 e. The van der Waals surface area contributed by atoms with Gasteiger partial charge in [-0.05, 0) is 25.7 Å². The van der Waals surface area contributed by atoms with Crippen molar-refractivity contribution in [2.45, 2.75) is 37.9 Å². The zero-order chi connectivity index (χ0) is 11.1. The van der Waals surface area contributed by atoms with Gasteiger partial charge in [-0.15, -0.1) is 0 Å². The molecule has 2 aliphatic rings. The van der Waals surface area contributed by atoms with Gasteiger partial charge in [0.05, 0.1) is 12.7 Å². The standard InChI is InChI=1S/C5H8O3.C5H10O2/c6-5(7)4-2-1-3-8-4;6-4-5-2-1-3-7-5/h4H,1-3H2,(H,6,7);5-6H,1-4H2/t4-;5-/m11/s1. The summed E-state index contributed by atoms with van der Waals surface area (Å²) in [6.07, 6.45) is 3.35. The molecule has 0 aromatic rings. The Morgan fingerprint density at radius 3 is 2.13 bits per heavy atom. The van der Waals surface area contributed by atoms with Crippen LogP contribution in [0.1, 0.15) is 25.7 Å². The van der Waals surface area contributed by atoms with E-state index in [-0.39, 0.29) is 12.7 Å². The summed E-state index contributed by atoms with van der Waals surface area (Å²) in [5, 5.41) is 16.7. The van der Waals surface area contributed by atoms with Crippen molar-refractivity contribution < 1.29 is 24.5 Å². The normalized spacial score (nSPS) is 29.7. The van der Waals surface area contributed by atoms with E-state index in [1.54, 1.807) is 0 Å². The molecule has 0 radical (unpaired) electrons. The number of carbonyl (C=O) groups is 1. The molecule has 15 heavy (non-hydrogen) atoms. The molecule has 0 aliphatic carbocycles. The molecular weight excluding hydrogens is 200 g/mol. The van der Waals surface area contributed by atoms with Gasteiger partial charge in [0.2, 0.25) is 0 Å². The van der Waals surface area contributed by atoms with Crippen LogP contribution in [0.3, 0.4) is 0 Å². The van der Waals surface area contributed by atoms with Crippen molar-refractivity contribution in [3.8, 4) is 0 Å². The summed E-state index contributed by atoms with van der Waals surface area (Å²) >= 11 is 0. The molecule has 2 fully saturated rings. The van der Waals surface area contributed by atoms with Crippen molar-refractivity contribution in [1.82, 2.24) is 0 Å².